The highest BCUT2D eigenvalue weighted by atomic mass is 16.5. The number of Topliss-reactive ketones (excluding diaryl/α,β-unsaturated/α-hetero) is 1. The molecule has 0 saturated heterocycles. The van der Waals surface area contributed by atoms with Crippen molar-refractivity contribution in [3.8, 4) is 0 Å². The molecule has 0 heterocycles. The number of rotatable bonds is 4. The van der Waals surface area contributed by atoms with Crippen LogP contribution in [0.2, 0.25) is 0 Å². The van der Waals surface area contributed by atoms with Gasteiger partial charge in [0.15, 0.2) is 5.78 Å². The van der Waals surface area contributed by atoms with Crippen molar-refractivity contribution in [2.24, 2.45) is 5.92 Å². The number of ether oxygens (including phenoxy) is 1. The van der Waals surface area contributed by atoms with E-state index in [1.165, 1.54) is 14.0 Å². The predicted molar refractivity (Wildman–Crippen MR) is 49.5 cm³/mol. The monoisotopic (exact) mass is 187 g/mol. The van der Waals surface area contributed by atoms with Crippen LogP contribution < -0.4 is 5.32 Å². The number of hydrogen-bond donors (Lipinski definition) is 1. The van der Waals surface area contributed by atoms with Crippen LogP contribution >= 0.6 is 0 Å². The summed E-state index contributed by atoms with van der Waals surface area (Å²) in [6.07, 6.45) is 0.286. The zero-order valence-electron chi connectivity index (χ0n) is 8.59. The largest absolute Gasteiger partial charge is 0.453 e. The van der Waals surface area contributed by atoms with Crippen LogP contribution in [0.25, 0.3) is 0 Å². The van der Waals surface area contributed by atoms with Crippen molar-refractivity contribution in [2.75, 3.05) is 7.11 Å². The van der Waals surface area contributed by atoms with Crippen molar-refractivity contribution in [2.45, 2.75) is 33.2 Å². The van der Waals surface area contributed by atoms with Gasteiger partial charge >= 0.3 is 6.09 Å². The van der Waals surface area contributed by atoms with Gasteiger partial charge in [0.2, 0.25) is 0 Å². The van der Waals surface area contributed by atoms with Gasteiger partial charge in [-0.2, -0.15) is 0 Å². The second-order valence-corrected chi connectivity index (χ2v) is 3.11. The molecule has 0 spiro atoms. The Morgan fingerprint density at radius 3 is 2.31 bits per heavy atom. The number of alkyl carbamates (subject to hydrolysis) is 1. The normalized spacial score (nSPS) is 14.5. The van der Waals surface area contributed by atoms with Crippen LogP contribution in [0.4, 0.5) is 4.79 Å². The third-order valence-corrected chi connectivity index (χ3v) is 2.11. The molecule has 0 aromatic carbocycles. The first-order chi connectivity index (χ1) is 6.02. The quantitative estimate of drug-likeness (QED) is 0.722. The summed E-state index contributed by atoms with van der Waals surface area (Å²) in [6.45, 7) is 5.36. The number of carbonyl (C=O) groups excluding carboxylic acids is 2. The van der Waals surface area contributed by atoms with E-state index < -0.39 is 12.1 Å². The predicted octanol–water partition coefficient (Wildman–Crippen LogP) is 1.35. The molecule has 2 atom stereocenters. The van der Waals surface area contributed by atoms with Crippen molar-refractivity contribution in [3.63, 3.8) is 0 Å². The Hall–Kier alpha value is -1.06. The minimum Gasteiger partial charge on any atom is -0.453 e. The van der Waals surface area contributed by atoms with Crippen LogP contribution in [0, 0.1) is 5.92 Å². The van der Waals surface area contributed by atoms with Gasteiger partial charge in [-0.05, 0) is 12.8 Å². The number of ketones is 1. The van der Waals surface area contributed by atoms with Gasteiger partial charge in [-0.3, -0.25) is 4.79 Å². The lowest BCUT2D eigenvalue weighted by Crippen LogP contribution is -2.43. The molecule has 1 unspecified atom stereocenters. The Morgan fingerprint density at radius 2 is 2.00 bits per heavy atom. The Bertz CT molecular complexity index is 191. The summed E-state index contributed by atoms with van der Waals surface area (Å²) in [6, 6.07) is -0.433. The molecule has 0 aliphatic heterocycles. The molecular weight excluding hydrogens is 170 g/mol. The maximum atomic E-state index is 11.1. The maximum absolute atomic E-state index is 11.1. The van der Waals surface area contributed by atoms with E-state index in [9.17, 15) is 9.59 Å². The number of amides is 1. The SMILES string of the molecule is CCC(C)[C@H](NC(=O)OC)C(C)=O. The first-order valence-electron chi connectivity index (χ1n) is 4.37. The molecule has 4 nitrogen and oxygen atoms in total. The zero-order valence-corrected chi connectivity index (χ0v) is 8.59. The third kappa shape index (κ3) is 3.92. The van der Waals surface area contributed by atoms with Gasteiger partial charge in [0, 0.05) is 0 Å². The van der Waals surface area contributed by atoms with E-state index in [0.717, 1.165) is 6.42 Å². The van der Waals surface area contributed by atoms with Crippen molar-refractivity contribution in [1.29, 1.82) is 0 Å². The number of methoxy groups -OCH3 is 1. The molecular formula is C9H17NO3. The van der Waals surface area contributed by atoms with Crippen molar-refractivity contribution >= 4 is 11.9 Å². The second-order valence-electron chi connectivity index (χ2n) is 3.11. The molecule has 0 saturated carbocycles. The van der Waals surface area contributed by atoms with Gasteiger partial charge in [0.25, 0.3) is 0 Å². The molecule has 76 valence electrons. The number of hydrogen-bond acceptors (Lipinski definition) is 3. The summed E-state index contributed by atoms with van der Waals surface area (Å²) in [4.78, 5) is 22.0. The smallest absolute Gasteiger partial charge is 0.407 e. The van der Waals surface area contributed by atoms with E-state index >= 15 is 0 Å². The highest BCUT2D eigenvalue weighted by Crippen LogP contribution is 2.08. The summed E-state index contributed by atoms with van der Waals surface area (Å²) in [5.74, 6) is 0.0938. The lowest BCUT2D eigenvalue weighted by molar-refractivity contribution is -0.120. The zero-order chi connectivity index (χ0) is 10.4. The first-order valence-corrected chi connectivity index (χ1v) is 4.37. The molecule has 0 aliphatic carbocycles. The fraction of sp³-hybridized carbons (Fsp3) is 0.778. The van der Waals surface area contributed by atoms with Crippen molar-refractivity contribution in [3.05, 3.63) is 0 Å². The Labute approximate surface area is 78.6 Å². The first kappa shape index (κ1) is 11.9. The van der Waals surface area contributed by atoms with Crippen LogP contribution in [0.15, 0.2) is 0 Å². The molecule has 0 aromatic rings. The molecule has 0 aromatic heterocycles. The van der Waals surface area contributed by atoms with Gasteiger partial charge < -0.3 is 10.1 Å². The average Bonchev–Trinajstić information content (AvgIpc) is 2.11. The van der Waals surface area contributed by atoms with Gasteiger partial charge in [-0.1, -0.05) is 20.3 Å². The molecule has 1 amide bonds. The topological polar surface area (TPSA) is 55.4 Å². The van der Waals surface area contributed by atoms with E-state index in [4.69, 9.17) is 0 Å². The summed E-state index contributed by atoms with van der Waals surface area (Å²) < 4.78 is 4.42. The highest BCUT2D eigenvalue weighted by molar-refractivity contribution is 5.85. The summed E-state index contributed by atoms with van der Waals surface area (Å²) in [7, 11) is 1.28. The average molecular weight is 187 g/mol. The second kappa shape index (κ2) is 5.56. The minimum atomic E-state index is -0.555. The van der Waals surface area contributed by atoms with Crippen LogP contribution in [0.3, 0.4) is 0 Å². The fourth-order valence-corrected chi connectivity index (χ4v) is 1.07. The number of nitrogens with one attached hydrogen (secondary N) is 1. The van der Waals surface area contributed by atoms with Crippen LogP contribution in [0.5, 0.6) is 0 Å². The van der Waals surface area contributed by atoms with Gasteiger partial charge in [-0.25, -0.2) is 4.79 Å². The fourth-order valence-electron chi connectivity index (χ4n) is 1.07. The summed E-state index contributed by atoms with van der Waals surface area (Å²) in [5.41, 5.74) is 0. The van der Waals surface area contributed by atoms with Gasteiger partial charge in [-0.15, -0.1) is 0 Å². The van der Waals surface area contributed by atoms with Crippen molar-refractivity contribution < 1.29 is 14.3 Å². The molecule has 0 aliphatic rings. The van der Waals surface area contributed by atoms with E-state index in [-0.39, 0.29) is 11.7 Å². The molecule has 0 fully saturated rings. The standard InChI is InChI=1S/C9H17NO3/c1-5-6(2)8(7(3)11)10-9(12)13-4/h6,8H,5H2,1-4H3,(H,10,12)/t6?,8-/m0/s1. The van der Waals surface area contributed by atoms with E-state index in [1.807, 2.05) is 13.8 Å². The van der Waals surface area contributed by atoms with E-state index in [0.29, 0.717) is 0 Å². The summed E-state index contributed by atoms with van der Waals surface area (Å²) in [5, 5.41) is 2.51. The van der Waals surface area contributed by atoms with E-state index in [2.05, 4.69) is 10.1 Å². The third-order valence-electron chi connectivity index (χ3n) is 2.11. The lowest BCUT2D eigenvalue weighted by atomic mass is 9.96. The van der Waals surface area contributed by atoms with Crippen molar-refractivity contribution in [1.82, 2.24) is 5.32 Å². The molecule has 13 heavy (non-hydrogen) atoms. The Morgan fingerprint density at radius 1 is 1.46 bits per heavy atom. The Balaban J connectivity index is 4.26. The highest BCUT2D eigenvalue weighted by Gasteiger charge is 2.22. The summed E-state index contributed by atoms with van der Waals surface area (Å²) >= 11 is 0. The molecule has 0 bridgehead atoms. The number of carbonyl (C=O) groups is 2. The molecule has 0 rings (SSSR count). The van der Waals surface area contributed by atoms with Crippen LogP contribution in [0.1, 0.15) is 27.2 Å². The van der Waals surface area contributed by atoms with Gasteiger partial charge in [0.1, 0.15) is 0 Å². The van der Waals surface area contributed by atoms with Gasteiger partial charge in [0.05, 0.1) is 13.2 Å². The minimum absolute atomic E-state index is 0.0419. The molecule has 4 heteroatoms. The lowest BCUT2D eigenvalue weighted by Gasteiger charge is -2.20. The molecule has 1 N–H and O–H groups in total. The Kier molecular flexibility index (Phi) is 5.11. The maximum Gasteiger partial charge on any atom is 0.407 e. The van der Waals surface area contributed by atoms with Crippen LogP contribution in [-0.4, -0.2) is 25.0 Å². The van der Waals surface area contributed by atoms with E-state index in [1.54, 1.807) is 0 Å². The molecule has 0 radical (unpaired) electrons. The van der Waals surface area contributed by atoms with Crippen LogP contribution in [-0.2, 0) is 9.53 Å².